The van der Waals surface area contributed by atoms with E-state index in [9.17, 15) is 4.79 Å². The molecule has 0 aromatic carbocycles. The van der Waals surface area contributed by atoms with E-state index in [1.807, 2.05) is 0 Å². The molecule has 2 rings (SSSR count). The van der Waals surface area contributed by atoms with Crippen molar-refractivity contribution in [1.29, 1.82) is 0 Å². The van der Waals surface area contributed by atoms with Gasteiger partial charge in [0.1, 0.15) is 5.01 Å². The van der Waals surface area contributed by atoms with Crippen LogP contribution in [0.5, 0.6) is 0 Å². The van der Waals surface area contributed by atoms with E-state index in [0.717, 1.165) is 23.7 Å². The molecule has 1 aromatic rings. The molecule has 1 N–H and O–H groups in total. The van der Waals surface area contributed by atoms with E-state index in [4.69, 9.17) is 0 Å². The minimum Gasteiger partial charge on any atom is -0.307 e. The highest BCUT2D eigenvalue weighted by molar-refractivity contribution is 7.09. The Balaban J connectivity index is 1.99. The molecule has 0 aliphatic carbocycles. The number of carbonyl (C=O) groups is 1. The number of Topliss-reactive ketones (excluding diaryl/α,β-unsaturated/α-hetero) is 1. The van der Waals surface area contributed by atoms with Gasteiger partial charge >= 0.3 is 0 Å². The summed E-state index contributed by atoms with van der Waals surface area (Å²) in [6.07, 6.45) is 1.47. The number of nitrogens with zero attached hydrogens (tertiary/aromatic N) is 1. The van der Waals surface area contributed by atoms with Gasteiger partial charge in [0, 0.05) is 10.8 Å². The van der Waals surface area contributed by atoms with Crippen LogP contribution in [-0.4, -0.2) is 23.4 Å². The van der Waals surface area contributed by atoms with Gasteiger partial charge < -0.3 is 5.32 Å². The van der Waals surface area contributed by atoms with E-state index in [-0.39, 0.29) is 17.2 Å². The minimum atomic E-state index is 0.0759. The maximum absolute atomic E-state index is 11.8. The van der Waals surface area contributed by atoms with Gasteiger partial charge in [-0.05, 0) is 13.0 Å². The molecule has 0 spiro atoms. The Kier molecular flexibility index (Phi) is 3.13. The third-order valence-electron chi connectivity index (χ3n) is 2.86. The lowest BCUT2D eigenvalue weighted by Gasteiger charge is -2.25. The third kappa shape index (κ3) is 2.50. The normalized spacial score (nSPS) is 20.6. The number of ketones is 1. The number of thiazole rings is 1. The van der Waals surface area contributed by atoms with Crippen molar-refractivity contribution in [2.75, 3.05) is 6.54 Å². The van der Waals surface area contributed by atoms with E-state index < -0.39 is 0 Å². The van der Waals surface area contributed by atoms with Crippen LogP contribution in [-0.2, 0) is 16.6 Å². The van der Waals surface area contributed by atoms with Crippen LogP contribution in [0.1, 0.15) is 37.9 Å². The molecule has 1 atom stereocenters. The molecule has 1 aliphatic rings. The molecule has 0 radical (unpaired) electrons. The maximum Gasteiger partial charge on any atom is 0.156 e. The van der Waals surface area contributed by atoms with Crippen molar-refractivity contribution < 1.29 is 4.79 Å². The van der Waals surface area contributed by atoms with Gasteiger partial charge in [0.05, 0.1) is 18.2 Å². The van der Waals surface area contributed by atoms with Crippen molar-refractivity contribution in [3.05, 3.63) is 16.1 Å². The summed E-state index contributed by atoms with van der Waals surface area (Å²) in [5, 5.41) is 6.14. The van der Waals surface area contributed by atoms with E-state index in [0.29, 0.717) is 6.42 Å². The SMILES string of the molecule is CC(C)(C)c1csc(CC(=O)[C@@H]2CCN2)n1. The summed E-state index contributed by atoms with van der Waals surface area (Å²) in [7, 11) is 0. The quantitative estimate of drug-likeness (QED) is 0.874. The zero-order valence-corrected chi connectivity index (χ0v) is 10.9. The molecule has 2 heterocycles. The number of rotatable bonds is 3. The van der Waals surface area contributed by atoms with Crippen molar-refractivity contribution in [2.24, 2.45) is 0 Å². The summed E-state index contributed by atoms with van der Waals surface area (Å²) >= 11 is 1.60. The second kappa shape index (κ2) is 4.26. The largest absolute Gasteiger partial charge is 0.307 e. The average molecular weight is 238 g/mol. The van der Waals surface area contributed by atoms with Crippen LogP contribution >= 0.6 is 11.3 Å². The van der Waals surface area contributed by atoms with Gasteiger partial charge in [-0.2, -0.15) is 0 Å². The first-order chi connectivity index (χ1) is 7.47. The van der Waals surface area contributed by atoms with E-state index in [2.05, 4.69) is 36.5 Å². The Bertz CT molecular complexity index is 388. The average Bonchev–Trinajstić information content (AvgIpc) is 2.47. The highest BCUT2D eigenvalue weighted by Gasteiger charge is 2.25. The fourth-order valence-corrected chi connectivity index (χ4v) is 2.60. The van der Waals surface area contributed by atoms with E-state index in [1.54, 1.807) is 11.3 Å². The van der Waals surface area contributed by atoms with Crippen LogP contribution in [0.3, 0.4) is 0 Å². The number of hydrogen-bond acceptors (Lipinski definition) is 4. The number of nitrogens with one attached hydrogen (secondary N) is 1. The lowest BCUT2D eigenvalue weighted by atomic mass is 9.93. The van der Waals surface area contributed by atoms with Crippen LogP contribution in [0.15, 0.2) is 5.38 Å². The van der Waals surface area contributed by atoms with Gasteiger partial charge in [-0.1, -0.05) is 20.8 Å². The molecule has 0 unspecified atom stereocenters. The molecule has 0 bridgehead atoms. The lowest BCUT2D eigenvalue weighted by Crippen LogP contribution is -2.49. The monoisotopic (exact) mass is 238 g/mol. The Morgan fingerprint density at radius 2 is 2.31 bits per heavy atom. The highest BCUT2D eigenvalue weighted by atomic mass is 32.1. The Labute approximate surface area is 100 Å². The lowest BCUT2D eigenvalue weighted by molar-refractivity contribution is -0.121. The van der Waals surface area contributed by atoms with Gasteiger partial charge in [-0.15, -0.1) is 11.3 Å². The van der Waals surface area contributed by atoms with Gasteiger partial charge in [0.15, 0.2) is 5.78 Å². The number of hydrogen-bond donors (Lipinski definition) is 1. The number of aromatic nitrogens is 1. The van der Waals surface area contributed by atoms with Gasteiger partial charge in [-0.25, -0.2) is 4.98 Å². The van der Waals surface area contributed by atoms with Crippen molar-refractivity contribution in [2.45, 2.75) is 45.1 Å². The number of carbonyl (C=O) groups excluding carboxylic acids is 1. The Morgan fingerprint density at radius 3 is 2.75 bits per heavy atom. The summed E-state index contributed by atoms with van der Waals surface area (Å²) in [4.78, 5) is 16.3. The predicted molar refractivity (Wildman–Crippen MR) is 65.9 cm³/mol. The highest BCUT2D eigenvalue weighted by Crippen LogP contribution is 2.24. The topological polar surface area (TPSA) is 42.0 Å². The smallest absolute Gasteiger partial charge is 0.156 e. The minimum absolute atomic E-state index is 0.0759. The summed E-state index contributed by atoms with van der Waals surface area (Å²) in [6.45, 7) is 7.39. The molecule has 1 saturated heterocycles. The van der Waals surface area contributed by atoms with E-state index >= 15 is 0 Å². The Hall–Kier alpha value is -0.740. The second-order valence-electron chi connectivity index (χ2n) is 5.31. The zero-order chi connectivity index (χ0) is 11.8. The zero-order valence-electron chi connectivity index (χ0n) is 10.0. The summed E-state index contributed by atoms with van der Waals surface area (Å²) < 4.78 is 0. The van der Waals surface area contributed by atoms with Crippen molar-refractivity contribution in [3.63, 3.8) is 0 Å². The molecule has 4 heteroatoms. The van der Waals surface area contributed by atoms with Gasteiger partial charge in [0.2, 0.25) is 0 Å². The van der Waals surface area contributed by atoms with Crippen LogP contribution in [0.4, 0.5) is 0 Å². The third-order valence-corrected chi connectivity index (χ3v) is 3.71. The summed E-state index contributed by atoms with van der Waals surface area (Å²) in [5.74, 6) is 0.279. The maximum atomic E-state index is 11.8. The molecule has 3 nitrogen and oxygen atoms in total. The molecular formula is C12H18N2OS. The molecule has 0 amide bonds. The molecular weight excluding hydrogens is 220 g/mol. The van der Waals surface area contributed by atoms with Gasteiger partial charge in [0.25, 0.3) is 0 Å². The van der Waals surface area contributed by atoms with Gasteiger partial charge in [-0.3, -0.25) is 4.79 Å². The molecule has 0 saturated carbocycles. The molecule has 88 valence electrons. The summed E-state index contributed by atoms with van der Waals surface area (Å²) in [5.41, 5.74) is 1.16. The van der Waals surface area contributed by atoms with Crippen molar-refractivity contribution in [1.82, 2.24) is 10.3 Å². The van der Waals surface area contributed by atoms with Crippen LogP contribution < -0.4 is 5.32 Å². The molecule has 1 aromatic heterocycles. The van der Waals surface area contributed by atoms with Crippen molar-refractivity contribution in [3.8, 4) is 0 Å². The first kappa shape index (κ1) is 11.7. The fraction of sp³-hybridized carbons (Fsp3) is 0.667. The van der Waals surface area contributed by atoms with E-state index in [1.165, 1.54) is 0 Å². The fourth-order valence-electron chi connectivity index (χ4n) is 1.57. The second-order valence-corrected chi connectivity index (χ2v) is 6.26. The molecule has 16 heavy (non-hydrogen) atoms. The van der Waals surface area contributed by atoms with Crippen LogP contribution in [0, 0.1) is 0 Å². The Morgan fingerprint density at radius 1 is 1.62 bits per heavy atom. The first-order valence-electron chi connectivity index (χ1n) is 5.68. The standard InChI is InChI=1S/C12H18N2OS/c1-12(2,3)10-7-16-11(14-10)6-9(15)8-4-5-13-8/h7-8,13H,4-6H2,1-3H3/t8-/m0/s1. The summed E-state index contributed by atoms with van der Waals surface area (Å²) in [6, 6.07) is 0.0852. The predicted octanol–water partition coefficient (Wildman–Crippen LogP) is 1.91. The molecule has 1 aliphatic heterocycles. The van der Waals surface area contributed by atoms with Crippen LogP contribution in [0.25, 0.3) is 0 Å². The first-order valence-corrected chi connectivity index (χ1v) is 6.56. The van der Waals surface area contributed by atoms with Crippen molar-refractivity contribution >= 4 is 17.1 Å². The molecule has 1 fully saturated rings. The van der Waals surface area contributed by atoms with Crippen LogP contribution in [0.2, 0.25) is 0 Å².